The van der Waals surface area contributed by atoms with Crippen LogP contribution >= 0.6 is 0 Å². The summed E-state index contributed by atoms with van der Waals surface area (Å²) in [4.78, 5) is 17.7. The Morgan fingerprint density at radius 1 is 1.43 bits per heavy atom. The van der Waals surface area contributed by atoms with Crippen molar-refractivity contribution in [2.75, 3.05) is 18.6 Å². The van der Waals surface area contributed by atoms with Gasteiger partial charge in [0.25, 0.3) is 5.91 Å². The summed E-state index contributed by atoms with van der Waals surface area (Å²) in [5.74, 6) is 4.42. The van der Waals surface area contributed by atoms with Crippen molar-refractivity contribution in [3.8, 4) is 11.8 Å². The summed E-state index contributed by atoms with van der Waals surface area (Å²) in [6.45, 7) is -0.303. The number of nitrogens with zero attached hydrogens (tertiary/aromatic N) is 2. The van der Waals surface area contributed by atoms with Gasteiger partial charge >= 0.3 is 0 Å². The molecule has 2 aromatic rings. The van der Waals surface area contributed by atoms with Crippen LogP contribution in [0.3, 0.4) is 0 Å². The lowest BCUT2D eigenvalue weighted by molar-refractivity contribution is 0.0992. The summed E-state index contributed by atoms with van der Waals surface area (Å²) in [6, 6.07) is 7.30. The molecule has 1 N–H and O–H groups in total. The number of hydrogen-bond acceptors (Lipinski definition) is 3. The lowest BCUT2D eigenvalue weighted by Crippen LogP contribution is -2.27. The summed E-state index contributed by atoms with van der Waals surface area (Å²) < 4.78 is 13.2. The predicted molar refractivity (Wildman–Crippen MR) is 77.3 cm³/mol. The van der Waals surface area contributed by atoms with Gasteiger partial charge in [0.05, 0.1) is 11.1 Å². The van der Waals surface area contributed by atoms with Crippen LogP contribution in [0.5, 0.6) is 0 Å². The molecule has 0 saturated carbocycles. The smallest absolute Gasteiger partial charge is 0.259 e. The number of halogens is 1. The molecular formula is C16H13FN2O2. The number of anilines is 1. The van der Waals surface area contributed by atoms with Gasteiger partial charge in [-0.25, -0.2) is 4.39 Å². The largest absolute Gasteiger partial charge is 0.384 e. The van der Waals surface area contributed by atoms with Crippen molar-refractivity contribution in [2.24, 2.45) is 0 Å². The lowest BCUT2D eigenvalue weighted by Gasteiger charge is -2.18. The Kier molecular flexibility index (Phi) is 4.64. The zero-order valence-corrected chi connectivity index (χ0v) is 11.4. The summed E-state index contributed by atoms with van der Waals surface area (Å²) in [7, 11) is 1.56. The zero-order chi connectivity index (χ0) is 15.2. The van der Waals surface area contributed by atoms with Crippen LogP contribution in [0.15, 0.2) is 42.7 Å². The number of carbonyl (C=O) groups is 1. The third-order valence-corrected chi connectivity index (χ3v) is 2.85. The molecule has 4 nitrogen and oxygen atoms in total. The van der Waals surface area contributed by atoms with Crippen LogP contribution in [0.25, 0.3) is 0 Å². The van der Waals surface area contributed by atoms with Crippen LogP contribution in [0.1, 0.15) is 15.9 Å². The second kappa shape index (κ2) is 6.64. The van der Waals surface area contributed by atoms with Gasteiger partial charge in [-0.2, -0.15) is 0 Å². The van der Waals surface area contributed by atoms with E-state index in [2.05, 4.69) is 16.8 Å². The molecule has 5 heteroatoms. The topological polar surface area (TPSA) is 53.4 Å². The van der Waals surface area contributed by atoms with Crippen molar-refractivity contribution in [2.45, 2.75) is 0 Å². The molecule has 0 aliphatic rings. The monoisotopic (exact) mass is 284 g/mol. The minimum Gasteiger partial charge on any atom is -0.384 e. The number of aliphatic hydroxyl groups is 1. The van der Waals surface area contributed by atoms with Gasteiger partial charge in [-0.05, 0) is 24.3 Å². The van der Waals surface area contributed by atoms with Gasteiger partial charge < -0.3 is 10.0 Å². The zero-order valence-electron chi connectivity index (χ0n) is 11.4. The second-order valence-electron chi connectivity index (χ2n) is 4.23. The molecule has 0 fully saturated rings. The van der Waals surface area contributed by atoms with Crippen molar-refractivity contribution in [3.63, 3.8) is 0 Å². The van der Waals surface area contributed by atoms with E-state index in [-0.39, 0.29) is 12.5 Å². The highest BCUT2D eigenvalue weighted by Gasteiger charge is 2.16. The molecule has 0 atom stereocenters. The number of carbonyl (C=O) groups excluding carboxylic acids is 1. The number of aliphatic hydroxyl groups excluding tert-OH is 1. The van der Waals surface area contributed by atoms with Crippen molar-refractivity contribution < 1.29 is 14.3 Å². The molecular weight excluding hydrogens is 271 g/mol. The number of benzene rings is 1. The molecule has 0 saturated heterocycles. The van der Waals surface area contributed by atoms with E-state index in [0.29, 0.717) is 16.8 Å². The first-order valence-corrected chi connectivity index (χ1v) is 6.21. The van der Waals surface area contributed by atoms with Gasteiger partial charge in [0.1, 0.15) is 12.4 Å². The highest BCUT2D eigenvalue weighted by molar-refractivity contribution is 6.07. The summed E-state index contributed by atoms with van der Waals surface area (Å²) in [5, 5.41) is 8.74. The molecule has 0 aliphatic carbocycles. The molecule has 0 radical (unpaired) electrons. The third kappa shape index (κ3) is 3.44. The molecule has 0 spiro atoms. The number of amides is 1. The third-order valence-electron chi connectivity index (χ3n) is 2.85. The first-order valence-electron chi connectivity index (χ1n) is 6.21. The summed E-state index contributed by atoms with van der Waals surface area (Å²) in [6.07, 6.45) is 2.94. The van der Waals surface area contributed by atoms with Gasteiger partial charge in [0, 0.05) is 25.1 Å². The van der Waals surface area contributed by atoms with E-state index >= 15 is 0 Å². The summed E-state index contributed by atoms with van der Waals surface area (Å²) in [5.41, 5.74) is 1.20. The van der Waals surface area contributed by atoms with E-state index in [1.807, 2.05) is 0 Å². The van der Waals surface area contributed by atoms with Crippen molar-refractivity contribution in [1.29, 1.82) is 0 Å². The van der Waals surface area contributed by atoms with Crippen LogP contribution < -0.4 is 4.90 Å². The van der Waals surface area contributed by atoms with Crippen LogP contribution in [0.4, 0.5) is 10.1 Å². The van der Waals surface area contributed by atoms with Crippen LogP contribution in [-0.2, 0) is 0 Å². The van der Waals surface area contributed by atoms with E-state index in [1.54, 1.807) is 19.2 Å². The van der Waals surface area contributed by atoms with E-state index in [0.717, 1.165) is 0 Å². The standard InChI is InChI=1S/C16H13FN2O2/c1-19(14-6-2-5-13(17)10-14)16(21)15-7-8-18-11-12(15)4-3-9-20/h2,5-8,10-11,20H,9H2,1H3. The molecule has 106 valence electrons. The first-order chi connectivity index (χ1) is 10.1. The molecule has 21 heavy (non-hydrogen) atoms. The van der Waals surface area contributed by atoms with Crippen LogP contribution in [0.2, 0.25) is 0 Å². The maximum atomic E-state index is 13.2. The Labute approximate surface area is 121 Å². The van der Waals surface area contributed by atoms with Gasteiger partial charge in [-0.1, -0.05) is 17.9 Å². The number of aromatic nitrogens is 1. The quantitative estimate of drug-likeness (QED) is 0.856. The molecule has 0 unspecified atom stereocenters. The maximum Gasteiger partial charge on any atom is 0.259 e. The van der Waals surface area contributed by atoms with Gasteiger partial charge in [0.2, 0.25) is 0 Å². The average Bonchev–Trinajstić information content (AvgIpc) is 2.51. The Morgan fingerprint density at radius 3 is 2.95 bits per heavy atom. The number of hydrogen-bond donors (Lipinski definition) is 1. The SMILES string of the molecule is CN(C(=O)c1ccncc1C#CCO)c1cccc(F)c1. The number of rotatable bonds is 2. The lowest BCUT2D eigenvalue weighted by atomic mass is 10.1. The fourth-order valence-electron chi connectivity index (χ4n) is 1.80. The van der Waals surface area contributed by atoms with E-state index < -0.39 is 5.82 Å². The second-order valence-corrected chi connectivity index (χ2v) is 4.23. The highest BCUT2D eigenvalue weighted by atomic mass is 19.1. The van der Waals surface area contributed by atoms with Gasteiger partial charge in [-0.3, -0.25) is 9.78 Å². The molecule has 2 rings (SSSR count). The normalized spacial score (nSPS) is 9.67. The van der Waals surface area contributed by atoms with E-state index in [1.165, 1.54) is 35.5 Å². The molecule has 1 amide bonds. The molecule has 1 heterocycles. The van der Waals surface area contributed by atoms with Gasteiger partial charge in [-0.15, -0.1) is 0 Å². The predicted octanol–water partition coefficient (Wildman–Crippen LogP) is 1.84. The molecule has 0 aliphatic heterocycles. The molecule has 0 bridgehead atoms. The summed E-state index contributed by atoms with van der Waals surface area (Å²) >= 11 is 0. The maximum absolute atomic E-state index is 13.2. The fraction of sp³-hybridized carbons (Fsp3) is 0.125. The Morgan fingerprint density at radius 2 is 2.24 bits per heavy atom. The fourth-order valence-corrected chi connectivity index (χ4v) is 1.80. The first kappa shape index (κ1) is 14.7. The van der Waals surface area contributed by atoms with Gasteiger partial charge in [0.15, 0.2) is 0 Å². The van der Waals surface area contributed by atoms with Crippen LogP contribution in [-0.4, -0.2) is 29.7 Å². The van der Waals surface area contributed by atoms with E-state index in [9.17, 15) is 9.18 Å². The van der Waals surface area contributed by atoms with Crippen molar-refractivity contribution >= 4 is 11.6 Å². The Balaban J connectivity index is 2.36. The number of pyridine rings is 1. The van der Waals surface area contributed by atoms with Crippen molar-refractivity contribution in [3.05, 3.63) is 59.7 Å². The average molecular weight is 284 g/mol. The molecule has 1 aromatic carbocycles. The van der Waals surface area contributed by atoms with E-state index in [4.69, 9.17) is 5.11 Å². The Bertz CT molecular complexity index is 719. The van der Waals surface area contributed by atoms with Crippen molar-refractivity contribution in [1.82, 2.24) is 4.98 Å². The highest BCUT2D eigenvalue weighted by Crippen LogP contribution is 2.18. The minimum absolute atomic E-state index is 0.303. The Hall–Kier alpha value is -2.71. The minimum atomic E-state index is -0.415. The van der Waals surface area contributed by atoms with Crippen LogP contribution in [0, 0.1) is 17.7 Å². The molecule has 1 aromatic heterocycles.